The van der Waals surface area contributed by atoms with Gasteiger partial charge in [-0.1, -0.05) is 36.4 Å². The second-order valence-corrected chi connectivity index (χ2v) is 7.38. The maximum Gasteiger partial charge on any atom is 0.0702 e. The summed E-state index contributed by atoms with van der Waals surface area (Å²) in [4.78, 5) is 1.33. The quantitative estimate of drug-likeness (QED) is 0.680. The molecule has 1 aromatic heterocycles. The molecule has 0 spiro atoms. The second-order valence-electron chi connectivity index (χ2n) is 4.88. The standard InChI is InChI=1S/C17H16BrNS/c1-11-7-8-14(13-6-4-3-5-12(11)13)17(19-2)15-9-10-16(18)20-15/h3-10,17,19H,1-2H3. The molecule has 3 rings (SSSR count). The highest BCUT2D eigenvalue weighted by Gasteiger charge is 2.17. The molecular formula is C17H16BrNS. The molecule has 0 saturated carbocycles. The van der Waals surface area contributed by atoms with Gasteiger partial charge in [0.25, 0.3) is 0 Å². The van der Waals surface area contributed by atoms with E-state index in [0.717, 1.165) is 0 Å². The topological polar surface area (TPSA) is 12.0 Å². The third kappa shape index (κ3) is 2.41. The Morgan fingerprint density at radius 3 is 2.40 bits per heavy atom. The first-order valence-corrected chi connectivity index (χ1v) is 8.22. The summed E-state index contributed by atoms with van der Waals surface area (Å²) < 4.78 is 1.17. The zero-order chi connectivity index (χ0) is 14.1. The van der Waals surface area contributed by atoms with E-state index in [1.807, 2.05) is 7.05 Å². The van der Waals surface area contributed by atoms with Crippen molar-refractivity contribution in [3.63, 3.8) is 0 Å². The lowest BCUT2D eigenvalue weighted by Gasteiger charge is -2.18. The summed E-state index contributed by atoms with van der Waals surface area (Å²) in [6, 6.07) is 17.6. The number of aryl methyl sites for hydroxylation is 1. The second kappa shape index (κ2) is 5.68. The van der Waals surface area contributed by atoms with Crippen molar-refractivity contribution < 1.29 is 0 Å². The summed E-state index contributed by atoms with van der Waals surface area (Å²) in [6.45, 7) is 2.17. The van der Waals surface area contributed by atoms with Gasteiger partial charge in [-0.2, -0.15) is 0 Å². The van der Waals surface area contributed by atoms with E-state index < -0.39 is 0 Å². The van der Waals surface area contributed by atoms with Gasteiger partial charge < -0.3 is 5.32 Å². The normalized spacial score (nSPS) is 12.8. The first-order valence-electron chi connectivity index (χ1n) is 6.61. The summed E-state index contributed by atoms with van der Waals surface area (Å²) >= 11 is 5.34. The zero-order valence-electron chi connectivity index (χ0n) is 11.5. The van der Waals surface area contributed by atoms with Gasteiger partial charge in [-0.3, -0.25) is 0 Å². The molecule has 1 atom stereocenters. The summed E-state index contributed by atoms with van der Waals surface area (Å²) in [5.74, 6) is 0. The predicted molar refractivity (Wildman–Crippen MR) is 91.6 cm³/mol. The van der Waals surface area contributed by atoms with Crippen LogP contribution in [0.15, 0.2) is 52.3 Å². The number of hydrogen-bond donors (Lipinski definition) is 1. The van der Waals surface area contributed by atoms with Crippen LogP contribution < -0.4 is 5.32 Å². The van der Waals surface area contributed by atoms with Crippen LogP contribution in [0.25, 0.3) is 10.8 Å². The molecule has 0 saturated heterocycles. The van der Waals surface area contributed by atoms with Gasteiger partial charge in [0.1, 0.15) is 0 Å². The Morgan fingerprint density at radius 1 is 1.00 bits per heavy atom. The predicted octanol–water partition coefficient (Wildman–Crippen LogP) is 5.28. The lowest BCUT2D eigenvalue weighted by molar-refractivity contribution is 0.709. The van der Waals surface area contributed by atoms with E-state index in [4.69, 9.17) is 0 Å². The van der Waals surface area contributed by atoms with Crippen LogP contribution in [-0.4, -0.2) is 7.05 Å². The molecular weight excluding hydrogens is 330 g/mol. The molecule has 0 bridgehead atoms. The molecule has 1 N–H and O–H groups in total. The third-order valence-electron chi connectivity index (χ3n) is 3.65. The minimum atomic E-state index is 0.233. The highest BCUT2D eigenvalue weighted by Crippen LogP contribution is 2.35. The highest BCUT2D eigenvalue weighted by molar-refractivity contribution is 9.11. The summed E-state index contributed by atoms with van der Waals surface area (Å²) in [6.07, 6.45) is 0. The third-order valence-corrected chi connectivity index (χ3v) is 5.34. The zero-order valence-corrected chi connectivity index (χ0v) is 13.9. The molecule has 1 unspecified atom stereocenters. The first-order chi connectivity index (χ1) is 9.70. The van der Waals surface area contributed by atoms with Crippen molar-refractivity contribution in [3.05, 3.63) is 68.3 Å². The van der Waals surface area contributed by atoms with E-state index in [1.54, 1.807) is 11.3 Å². The molecule has 20 heavy (non-hydrogen) atoms. The lowest BCUT2D eigenvalue weighted by atomic mass is 9.95. The van der Waals surface area contributed by atoms with Crippen LogP contribution in [0.4, 0.5) is 0 Å². The summed E-state index contributed by atoms with van der Waals surface area (Å²) in [5, 5.41) is 6.11. The maximum absolute atomic E-state index is 3.55. The van der Waals surface area contributed by atoms with E-state index in [2.05, 4.69) is 76.7 Å². The fraction of sp³-hybridized carbons (Fsp3) is 0.176. The Bertz CT molecular complexity index is 748. The minimum absolute atomic E-state index is 0.233. The Hall–Kier alpha value is -1.16. The van der Waals surface area contributed by atoms with Gasteiger partial charge in [-0.05, 0) is 63.9 Å². The number of hydrogen-bond acceptors (Lipinski definition) is 2. The SMILES string of the molecule is CNC(c1ccc(Br)s1)c1ccc(C)c2ccccc12. The van der Waals surface area contributed by atoms with Gasteiger partial charge >= 0.3 is 0 Å². The average Bonchev–Trinajstić information content (AvgIpc) is 2.89. The molecule has 0 aliphatic carbocycles. The van der Waals surface area contributed by atoms with Crippen molar-refractivity contribution in [2.75, 3.05) is 7.05 Å². The Balaban J connectivity index is 2.20. The number of rotatable bonds is 3. The van der Waals surface area contributed by atoms with Crippen molar-refractivity contribution in [2.45, 2.75) is 13.0 Å². The smallest absolute Gasteiger partial charge is 0.0702 e. The number of halogens is 1. The van der Waals surface area contributed by atoms with Crippen LogP contribution in [-0.2, 0) is 0 Å². The number of nitrogens with one attached hydrogen (secondary N) is 1. The highest BCUT2D eigenvalue weighted by atomic mass is 79.9. The number of fused-ring (bicyclic) bond motifs is 1. The molecule has 102 valence electrons. The van der Waals surface area contributed by atoms with Gasteiger partial charge in [0.15, 0.2) is 0 Å². The van der Waals surface area contributed by atoms with Crippen molar-refractivity contribution in [1.29, 1.82) is 0 Å². The molecule has 0 radical (unpaired) electrons. The van der Waals surface area contributed by atoms with Crippen molar-refractivity contribution in [1.82, 2.24) is 5.32 Å². The van der Waals surface area contributed by atoms with Crippen LogP contribution in [0.5, 0.6) is 0 Å². The molecule has 0 fully saturated rings. The summed E-state index contributed by atoms with van der Waals surface area (Å²) in [5.41, 5.74) is 2.66. The molecule has 3 heteroatoms. The van der Waals surface area contributed by atoms with Crippen LogP contribution in [0.1, 0.15) is 22.0 Å². The van der Waals surface area contributed by atoms with Crippen molar-refractivity contribution in [3.8, 4) is 0 Å². The molecule has 1 nitrogen and oxygen atoms in total. The van der Waals surface area contributed by atoms with Crippen molar-refractivity contribution >= 4 is 38.0 Å². The first kappa shape index (κ1) is 13.8. The maximum atomic E-state index is 3.55. The van der Waals surface area contributed by atoms with Crippen LogP contribution >= 0.6 is 27.3 Å². The molecule has 3 aromatic rings. The number of thiophene rings is 1. The van der Waals surface area contributed by atoms with Crippen molar-refractivity contribution in [2.24, 2.45) is 0 Å². The van der Waals surface area contributed by atoms with Gasteiger partial charge in [-0.15, -0.1) is 11.3 Å². The monoisotopic (exact) mass is 345 g/mol. The van der Waals surface area contributed by atoms with E-state index in [1.165, 1.54) is 30.6 Å². The van der Waals surface area contributed by atoms with E-state index >= 15 is 0 Å². The fourth-order valence-electron chi connectivity index (χ4n) is 2.66. The van der Waals surface area contributed by atoms with E-state index in [0.29, 0.717) is 0 Å². The van der Waals surface area contributed by atoms with E-state index in [-0.39, 0.29) is 6.04 Å². The molecule has 0 aliphatic heterocycles. The Morgan fingerprint density at radius 2 is 1.75 bits per heavy atom. The fourth-order valence-corrected chi connectivity index (χ4v) is 4.21. The number of benzene rings is 2. The van der Waals surface area contributed by atoms with Gasteiger partial charge in [-0.25, -0.2) is 0 Å². The van der Waals surface area contributed by atoms with Gasteiger partial charge in [0, 0.05) is 4.88 Å². The largest absolute Gasteiger partial charge is 0.309 e. The average molecular weight is 346 g/mol. The van der Waals surface area contributed by atoms with Gasteiger partial charge in [0.2, 0.25) is 0 Å². The minimum Gasteiger partial charge on any atom is -0.309 e. The Labute approximate surface area is 131 Å². The Kier molecular flexibility index (Phi) is 3.92. The molecule has 1 heterocycles. The molecule has 2 aromatic carbocycles. The van der Waals surface area contributed by atoms with Crippen LogP contribution in [0.3, 0.4) is 0 Å². The lowest BCUT2D eigenvalue weighted by Crippen LogP contribution is -2.16. The molecule has 0 aliphatic rings. The molecule has 0 amide bonds. The van der Waals surface area contributed by atoms with Crippen LogP contribution in [0.2, 0.25) is 0 Å². The van der Waals surface area contributed by atoms with E-state index in [9.17, 15) is 0 Å². The summed E-state index contributed by atoms with van der Waals surface area (Å²) in [7, 11) is 2.02. The van der Waals surface area contributed by atoms with Gasteiger partial charge in [0.05, 0.1) is 9.83 Å². The van der Waals surface area contributed by atoms with Crippen LogP contribution in [0, 0.1) is 6.92 Å².